The van der Waals surface area contributed by atoms with Gasteiger partial charge in [0.2, 0.25) is 0 Å². The van der Waals surface area contributed by atoms with E-state index in [0.717, 1.165) is 29.7 Å². The minimum Gasteiger partial charge on any atom is -0.362 e. The van der Waals surface area contributed by atoms with E-state index in [4.69, 9.17) is 0 Å². The normalized spacial score (nSPS) is 25.4. The summed E-state index contributed by atoms with van der Waals surface area (Å²) in [6.45, 7) is 4.06. The summed E-state index contributed by atoms with van der Waals surface area (Å²) < 4.78 is 15.2. The van der Waals surface area contributed by atoms with Crippen molar-refractivity contribution < 1.29 is 4.39 Å². The lowest BCUT2D eigenvalue weighted by molar-refractivity contribution is 0.266. The first-order valence-corrected chi connectivity index (χ1v) is 8.40. The van der Waals surface area contributed by atoms with E-state index in [1.165, 1.54) is 25.7 Å². The van der Waals surface area contributed by atoms with Crippen molar-refractivity contribution in [2.45, 2.75) is 50.6 Å². The van der Waals surface area contributed by atoms with Crippen molar-refractivity contribution in [3.8, 4) is 0 Å². The van der Waals surface area contributed by atoms with E-state index in [9.17, 15) is 4.39 Å². The van der Waals surface area contributed by atoms with E-state index in [1.807, 2.05) is 6.07 Å². The molecule has 1 N–H and O–H groups in total. The zero-order valence-corrected chi connectivity index (χ0v) is 13.5. The molecule has 3 rings (SSSR count). The smallest absolute Gasteiger partial charge is 0.147 e. The van der Waals surface area contributed by atoms with Crippen LogP contribution in [0.15, 0.2) is 22.7 Å². The van der Waals surface area contributed by atoms with Crippen molar-refractivity contribution in [1.82, 2.24) is 5.32 Å². The maximum absolute atomic E-state index is 14.3. The SMILES string of the molecule is CCC1CNC2(CCCC2)CN1c1c(F)cccc1Br. The molecule has 4 heteroatoms. The fourth-order valence-electron chi connectivity index (χ4n) is 3.73. The number of hydrogen-bond acceptors (Lipinski definition) is 2. The first kappa shape index (κ1) is 14.3. The standard InChI is InChI=1S/C16H22BrFN2/c1-2-12-10-19-16(8-3-4-9-16)11-20(12)15-13(17)6-5-7-14(15)18/h5-7,12,19H,2-4,8-11H2,1H3. The Morgan fingerprint density at radius 1 is 1.40 bits per heavy atom. The number of anilines is 1. The molecular formula is C16H22BrFN2. The first-order valence-electron chi connectivity index (χ1n) is 7.61. The van der Waals surface area contributed by atoms with Crippen molar-refractivity contribution in [2.24, 2.45) is 0 Å². The highest BCUT2D eigenvalue weighted by Crippen LogP contribution is 2.38. The predicted molar refractivity (Wildman–Crippen MR) is 84.7 cm³/mol. The Morgan fingerprint density at radius 3 is 2.80 bits per heavy atom. The van der Waals surface area contributed by atoms with Gasteiger partial charge in [-0.15, -0.1) is 0 Å². The summed E-state index contributed by atoms with van der Waals surface area (Å²) in [6.07, 6.45) is 6.04. The second-order valence-corrected chi connectivity index (χ2v) is 6.98. The van der Waals surface area contributed by atoms with Crippen LogP contribution in [0.25, 0.3) is 0 Å². The maximum Gasteiger partial charge on any atom is 0.147 e. The molecule has 1 aliphatic carbocycles. The summed E-state index contributed by atoms with van der Waals surface area (Å²) in [5.41, 5.74) is 0.944. The lowest BCUT2D eigenvalue weighted by atomic mass is 9.91. The third-order valence-electron chi connectivity index (χ3n) is 4.88. The fraction of sp³-hybridized carbons (Fsp3) is 0.625. The fourth-order valence-corrected chi connectivity index (χ4v) is 4.30. The molecule has 1 aliphatic heterocycles. The van der Waals surface area contributed by atoms with Crippen LogP contribution in [0.5, 0.6) is 0 Å². The molecule has 0 bridgehead atoms. The van der Waals surface area contributed by atoms with Gasteiger partial charge < -0.3 is 10.2 Å². The summed E-state index contributed by atoms with van der Waals surface area (Å²) in [6, 6.07) is 5.64. The first-order chi connectivity index (χ1) is 9.65. The van der Waals surface area contributed by atoms with Gasteiger partial charge in [0.15, 0.2) is 0 Å². The number of nitrogens with one attached hydrogen (secondary N) is 1. The van der Waals surface area contributed by atoms with Crippen LogP contribution in [0, 0.1) is 5.82 Å². The van der Waals surface area contributed by atoms with Gasteiger partial charge in [-0.3, -0.25) is 0 Å². The molecule has 2 aliphatic rings. The number of benzene rings is 1. The summed E-state index contributed by atoms with van der Waals surface area (Å²) in [7, 11) is 0. The number of piperazine rings is 1. The Kier molecular flexibility index (Phi) is 4.04. The van der Waals surface area contributed by atoms with Gasteiger partial charge in [-0.2, -0.15) is 0 Å². The molecule has 1 aromatic rings. The van der Waals surface area contributed by atoms with Gasteiger partial charge in [-0.25, -0.2) is 4.39 Å². The van der Waals surface area contributed by atoms with Gasteiger partial charge in [-0.1, -0.05) is 25.8 Å². The van der Waals surface area contributed by atoms with E-state index < -0.39 is 0 Å². The van der Waals surface area contributed by atoms with Crippen molar-refractivity contribution in [3.63, 3.8) is 0 Å². The van der Waals surface area contributed by atoms with Gasteiger partial charge in [0.25, 0.3) is 0 Å². The van der Waals surface area contributed by atoms with Gasteiger partial charge in [0.1, 0.15) is 5.82 Å². The summed E-state index contributed by atoms with van der Waals surface area (Å²) in [4.78, 5) is 2.29. The van der Waals surface area contributed by atoms with Crippen LogP contribution < -0.4 is 10.2 Å². The number of para-hydroxylation sites is 1. The van der Waals surface area contributed by atoms with E-state index >= 15 is 0 Å². The Morgan fingerprint density at radius 2 is 2.15 bits per heavy atom. The monoisotopic (exact) mass is 340 g/mol. The van der Waals surface area contributed by atoms with Gasteiger partial charge in [0, 0.05) is 29.1 Å². The Hall–Kier alpha value is -0.610. The third-order valence-corrected chi connectivity index (χ3v) is 5.52. The molecule has 2 fully saturated rings. The van der Waals surface area contributed by atoms with Crippen LogP contribution in [-0.2, 0) is 0 Å². The molecule has 0 amide bonds. The van der Waals surface area contributed by atoms with Gasteiger partial charge in [-0.05, 0) is 47.3 Å². The van der Waals surface area contributed by atoms with Crippen molar-refractivity contribution in [2.75, 3.05) is 18.0 Å². The quantitative estimate of drug-likeness (QED) is 0.872. The molecule has 1 atom stereocenters. The minimum absolute atomic E-state index is 0.118. The largest absolute Gasteiger partial charge is 0.362 e. The van der Waals surface area contributed by atoms with Crippen LogP contribution in [-0.4, -0.2) is 24.7 Å². The van der Waals surface area contributed by atoms with Crippen LogP contribution in [0.3, 0.4) is 0 Å². The topological polar surface area (TPSA) is 15.3 Å². The van der Waals surface area contributed by atoms with E-state index in [0.29, 0.717) is 6.04 Å². The molecular weight excluding hydrogens is 319 g/mol. The molecule has 1 aromatic carbocycles. The Labute approximate surface area is 128 Å². The van der Waals surface area contributed by atoms with Gasteiger partial charge in [0.05, 0.1) is 5.69 Å². The Balaban J connectivity index is 1.95. The molecule has 110 valence electrons. The van der Waals surface area contributed by atoms with Crippen LogP contribution >= 0.6 is 15.9 Å². The molecule has 0 radical (unpaired) electrons. The molecule has 1 unspecified atom stereocenters. The van der Waals surface area contributed by atoms with Crippen molar-refractivity contribution in [1.29, 1.82) is 0 Å². The third kappa shape index (κ3) is 2.48. The van der Waals surface area contributed by atoms with Gasteiger partial charge >= 0.3 is 0 Å². The van der Waals surface area contributed by atoms with E-state index in [-0.39, 0.29) is 11.4 Å². The summed E-state index contributed by atoms with van der Waals surface area (Å²) >= 11 is 3.53. The Bertz CT molecular complexity index is 465. The van der Waals surface area contributed by atoms with E-state index in [2.05, 4.69) is 33.1 Å². The zero-order chi connectivity index (χ0) is 14.2. The highest BCUT2D eigenvalue weighted by atomic mass is 79.9. The lowest BCUT2D eigenvalue weighted by Crippen LogP contribution is -2.63. The second-order valence-electron chi connectivity index (χ2n) is 6.13. The minimum atomic E-state index is -0.118. The molecule has 1 saturated carbocycles. The highest BCUT2D eigenvalue weighted by molar-refractivity contribution is 9.10. The second kappa shape index (κ2) is 5.64. The average molecular weight is 341 g/mol. The van der Waals surface area contributed by atoms with Crippen molar-refractivity contribution in [3.05, 3.63) is 28.5 Å². The summed E-state index contributed by atoms with van der Waals surface area (Å²) in [5.74, 6) is -0.118. The molecule has 20 heavy (non-hydrogen) atoms. The molecule has 0 aromatic heterocycles. The lowest BCUT2D eigenvalue weighted by Gasteiger charge is -2.47. The molecule has 2 nitrogen and oxygen atoms in total. The van der Waals surface area contributed by atoms with E-state index in [1.54, 1.807) is 12.1 Å². The molecule has 1 saturated heterocycles. The highest BCUT2D eigenvalue weighted by Gasteiger charge is 2.41. The van der Waals surface area contributed by atoms with Crippen molar-refractivity contribution >= 4 is 21.6 Å². The van der Waals surface area contributed by atoms with Crippen LogP contribution in [0.2, 0.25) is 0 Å². The predicted octanol–water partition coefficient (Wildman–Crippen LogP) is 4.09. The number of hydrogen-bond donors (Lipinski definition) is 1. The van der Waals surface area contributed by atoms with Crippen LogP contribution in [0.1, 0.15) is 39.0 Å². The van der Waals surface area contributed by atoms with Crippen LogP contribution in [0.4, 0.5) is 10.1 Å². The zero-order valence-electron chi connectivity index (χ0n) is 12.0. The molecule has 1 heterocycles. The number of halogens is 2. The maximum atomic E-state index is 14.3. The average Bonchev–Trinajstić information content (AvgIpc) is 2.87. The summed E-state index contributed by atoms with van der Waals surface area (Å²) in [5, 5.41) is 3.75. The number of nitrogens with zero attached hydrogens (tertiary/aromatic N) is 1. The molecule has 1 spiro atoms. The number of rotatable bonds is 2.